The topological polar surface area (TPSA) is 33.5 Å². The van der Waals surface area contributed by atoms with Crippen molar-refractivity contribution in [2.24, 2.45) is 11.8 Å². The van der Waals surface area contributed by atoms with Crippen LogP contribution < -0.4 is 5.63 Å². The highest BCUT2D eigenvalue weighted by Crippen LogP contribution is 2.36. The third kappa shape index (κ3) is 3.02. The number of hydrogen-bond acceptors (Lipinski definition) is 3. The van der Waals surface area contributed by atoms with E-state index in [9.17, 15) is 4.79 Å². The molecule has 2 aromatic rings. The van der Waals surface area contributed by atoms with Crippen molar-refractivity contribution < 1.29 is 4.42 Å². The van der Waals surface area contributed by atoms with Gasteiger partial charge in [-0.25, -0.2) is 4.79 Å². The van der Waals surface area contributed by atoms with Crippen LogP contribution in [0.2, 0.25) is 0 Å². The Balaban J connectivity index is 1.62. The summed E-state index contributed by atoms with van der Waals surface area (Å²) in [5.41, 5.74) is 4.05. The molecule has 0 amide bonds. The summed E-state index contributed by atoms with van der Waals surface area (Å²) in [6.07, 6.45) is 6.95. The minimum absolute atomic E-state index is 0.228. The molecule has 0 radical (unpaired) electrons. The Hall–Kier alpha value is -1.61. The van der Waals surface area contributed by atoms with Crippen molar-refractivity contribution in [1.29, 1.82) is 0 Å². The van der Waals surface area contributed by atoms with Crippen molar-refractivity contribution in [2.45, 2.75) is 52.5 Å². The van der Waals surface area contributed by atoms with Crippen molar-refractivity contribution in [2.75, 3.05) is 13.1 Å². The number of aryl methyl sites for hydroxylation is 2. The molecule has 3 heteroatoms. The maximum Gasteiger partial charge on any atom is 0.336 e. The predicted molar refractivity (Wildman–Crippen MR) is 97.3 cm³/mol. The summed E-state index contributed by atoms with van der Waals surface area (Å²) in [5, 5.41) is 1.10. The fraction of sp³-hybridized carbons (Fsp3) is 0.571. The van der Waals surface area contributed by atoms with E-state index in [1.54, 1.807) is 6.07 Å². The number of piperidine rings is 1. The average molecular weight is 325 g/mol. The van der Waals surface area contributed by atoms with E-state index in [4.69, 9.17) is 4.42 Å². The second kappa shape index (κ2) is 6.36. The first-order valence-electron chi connectivity index (χ1n) is 9.36. The van der Waals surface area contributed by atoms with Gasteiger partial charge in [-0.1, -0.05) is 19.3 Å². The molecule has 2 heterocycles. The molecule has 1 aromatic heterocycles. The van der Waals surface area contributed by atoms with Gasteiger partial charge >= 0.3 is 5.63 Å². The molecule has 2 aliphatic rings. The maximum absolute atomic E-state index is 12.0. The Labute approximate surface area is 143 Å². The molecule has 1 aliphatic heterocycles. The van der Waals surface area contributed by atoms with Gasteiger partial charge in [-0.2, -0.15) is 0 Å². The summed E-state index contributed by atoms with van der Waals surface area (Å²) in [6.45, 7) is 7.41. The highest BCUT2D eigenvalue weighted by Gasteiger charge is 2.31. The number of likely N-dealkylation sites (tertiary alicyclic amines) is 1. The minimum atomic E-state index is -0.228. The van der Waals surface area contributed by atoms with Gasteiger partial charge in [0.05, 0.1) is 0 Å². The van der Waals surface area contributed by atoms with Crippen LogP contribution in [-0.2, 0) is 6.54 Å². The van der Waals surface area contributed by atoms with Crippen molar-refractivity contribution in [3.8, 4) is 0 Å². The van der Waals surface area contributed by atoms with Gasteiger partial charge in [-0.05, 0) is 73.9 Å². The first kappa shape index (κ1) is 15.9. The van der Waals surface area contributed by atoms with Crippen LogP contribution in [0, 0.1) is 25.7 Å². The normalized spacial score (nSPS) is 24.9. The van der Waals surface area contributed by atoms with Gasteiger partial charge in [0, 0.05) is 24.5 Å². The quantitative estimate of drug-likeness (QED) is 0.766. The van der Waals surface area contributed by atoms with E-state index in [1.165, 1.54) is 49.8 Å². The van der Waals surface area contributed by atoms with Crippen molar-refractivity contribution in [3.05, 3.63) is 45.3 Å². The summed E-state index contributed by atoms with van der Waals surface area (Å²) in [6, 6.07) is 5.88. The molecule has 0 N–H and O–H groups in total. The summed E-state index contributed by atoms with van der Waals surface area (Å²) in [4.78, 5) is 14.5. The first-order chi connectivity index (χ1) is 11.6. The van der Waals surface area contributed by atoms with E-state index in [0.29, 0.717) is 0 Å². The number of fused-ring (bicyclic) bond motifs is 2. The molecule has 1 aromatic carbocycles. The molecule has 128 valence electrons. The number of nitrogens with zero attached hydrogens (tertiary/aromatic N) is 1. The van der Waals surface area contributed by atoms with Crippen LogP contribution in [0.25, 0.3) is 11.0 Å². The number of rotatable bonds is 2. The van der Waals surface area contributed by atoms with Crippen LogP contribution in [0.5, 0.6) is 0 Å². The smallest absolute Gasteiger partial charge is 0.336 e. The molecule has 4 rings (SSSR count). The van der Waals surface area contributed by atoms with E-state index >= 15 is 0 Å². The van der Waals surface area contributed by atoms with E-state index in [1.807, 2.05) is 6.07 Å². The van der Waals surface area contributed by atoms with Gasteiger partial charge in [0.1, 0.15) is 5.58 Å². The Morgan fingerprint density at radius 3 is 2.62 bits per heavy atom. The van der Waals surface area contributed by atoms with Gasteiger partial charge in [0.2, 0.25) is 0 Å². The van der Waals surface area contributed by atoms with Crippen LogP contribution in [0.4, 0.5) is 0 Å². The van der Waals surface area contributed by atoms with Crippen LogP contribution in [-0.4, -0.2) is 18.0 Å². The van der Waals surface area contributed by atoms with E-state index < -0.39 is 0 Å². The SMILES string of the molecule is Cc1cc2oc(=O)cc(CN3CC[C@H]4CCCC[C@@H]4C3)c2cc1C. The number of hydrogen-bond donors (Lipinski definition) is 0. The van der Waals surface area contributed by atoms with Gasteiger partial charge < -0.3 is 4.42 Å². The van der Waals surface area contributed by atoms with Gasteiger partial charge in [0.25, 0.3) is 0 Å². The fourth-order valence-corrected chi connectivity index (χ4v) is 4.67. The minimum Gasteiger partial charge on any atom is -0.423 e. The largest absolute Gasteiger partial charge is 0.423 e. The second-order valence-corrected chi connectivity index (χ2v) is 7.85. The van der Waals surface area contributed by atoms with Crippen LogP contribution in [0.3, 0.4) is 0 Å². The molecule has 3 nitrogen and oxygen atoms in total. The van der Waals surface area contributed by atoms with E-state index in [2.05, 4.69) is 24.8 Å². The lowest BCUT2D eigenvalue weighted by atomic mass is 9.75. The molecule has 2 fully saturated rings. The van der Waals surface area contributed by atoms with Crippen molar-refractivity contribution in [3.63, 3.8) is 0 Å². The highest BCUT2D eigenvalue weighted by molar-refractivity contribution is 5.81. The summed E-state index contributed by atoms with van der Waals surface area (Å²) in [7, 11) is 0. The first-order valence-corrected chi connectivity index (χ1v) is 9.36. The molecule has 1 saturated carbocycles. The van der Waals surface area contributed by atoms with Crippen molar-refractivity contribution >= 4 is 11.0 Å². The van der Waals surface area contributed by atoms with Crippen molar-refractivity contribution in [1.82, 2.24) is 4.90 Å². The van der Waals surface area contributed by atoms with E-state index in [-0.39, 0.29) is 5.63 Å². The van der Waals surface area contributed by atoms with Crippen LogP contribution in [0.15, 0.2) is 27.4 Å². The Kier molecular flexibility index (Phi) is 4.21. The zero-order valence-corrected chi connectivity index (χ0v) is 14.8. The van der Waals surface area contributed by atoms with Crippen LogP contribution >= 0.6 is 0 Å². The van der Waals surface area contributed by atoms with Crippen LogP contribution in [0.1, 0.15) is 48.8 Å². The third-order valence-corrected chi connectivity index (χ3v) is 6.21. The lowest BCUT2D eigenvalue weighted by Crippen LogP contribution is -2.41. The zero-order valence-electron chi connectivity index (χ0n) is 14.8. The Morgan fingerprint density at radius 2 is 1.79 bits per heavy atom. The highest BCUT2D eigenvalue weighted by atomic mass is 16.4. The average Bonchev–Trinajstić information content (AvgIpc) is 2.56. The maximum atomic E-state index is 12.0. The lowest BCUT2D eigenvalue weighted by molar-refractivity contribution is 0.0822. The summed E-state index contributed by atoms with van der Waals surface area (Å²) in [5.74, 6) is 1.81. The molecule has 2 atom stereocenters. The molecule has 24 heavy (non-hydrogen) atoms. The zero-order chi connectivity index (χ0) is 16.7. The van der Waals surface area contributed by atoms with Gasteiger partial charge in [-0.3, -0.25) is 4.90 Å². The fourth-order valence-electron chi connectivity index (χ4n) is 4.67. The molecule has 0 unspecified atom stereocenters. The lowest BCUT2D eigenvalue weighted by Gasteiger charge is -2.41. The molecule has 0 spiro atoms. The standard InChI is InChI=1S/C21H27NO2/c1-14-9-19-18(11-21(23)24-20(19)10-15(14)2)13-22-8-7-16-5-3-4-6-17(16)12-22/h9-11,16-17H,3-8,12-13H2,1-2H3/t16-,17-/m1/s1. The molecular formula is C21H27NO2. The molecular weight excluding hydrogens is 298 g/mol. The second-order valence-electron chi connectivity index (χ2n) is 7.85. The monoisotopic (exact) mass is 325 g/mol. The molecule has 1 aliphatic carbocycles. The third-order valence-electron chi connectivity index (χ3n) is 6.21. The van der Waals surface area contributed by atoms with Gasteiger partial charge in [0.15, 0.2) is 0 Å². The Morgan fingerprint density at radius 1 is 1.04 bits per heavy atom. The number of benzene rings is 1. The Bertz CT molecular complexity index is 807. The summed E-state index contributed by atoms with van der Waals surface area (Å²) >= 11 is 0. The molecule has 0 bridgehead atoms. The molecule has 1 saturated heterocycles. The van der Waals surface area contributed by atoms with E-state index in [0.717, 1.165) is 41.5 Å². The summed E-state index contributed by atoms with van der Waals surface area (Å²) < 4.78 is 5.44. The predicted octanol–water partition coefficient (Wildman–Crippen LogP) is 4.42. The van der Waals surface area contributed by atoms with Gasteiger partial charge in [-0.15, -0.1) is 0 Å².